The van der Waals surface area contributed by atoms with Crippen LogP contribution in [0.2, 0.25) is 0 Å². The Morgan fingerprint density at radius 3 is 2.54 bits per heavy atom. The topological polar surface area (TPSA) is 76.1 Å². The number of carbonyl (C=O) groups excluding carboxylic acids is 1. The Balaban J connectivity index is 2.15. The first kappa shape index (κ1) is 18.1. The van der Waals surface area contributed by atoms with Gasteiger partial charge in [-0.25, -0.2) is 0 Å². The number of aliphatic carboxylic acids is 1. The zero-order chi connectivity index (χ0) is 17.5. The molecule has 1 aromatic carbocycles. The Hall–Kier alpha value is -2.24. The first-order chi connectivity index (χ1) is 11.5. The van der Waals surface area contributed by atoms with Crippen molar-refractivity contribution in [1.82, 2.24) is 4.90 Å². The van der Waals surface area contributed by atoms with Gasteiger partial charge in [0.2, 0.25) is 0 Å². The number of hydrogen-bond acceptors (Lipinski definition) is 4. The van der Waals surface area contributed by atoms with Gasteiger partial charge in [0.15, 0.2) is 11.5 Å². The Morgan fingerprint density at radius 2 is 1.96 bits per heavy atom. The molecule has 6 heteroatoms. The molecule has 1 N–H and O–H groups in total. The van der Waals surface area contributed by atoms with Crippen molar-refractivity contribution in [3.8, 4) is 11.5 Å². The van der Waals surface area contributed by atoms with Crippen LogP contribution in [0.1, 0.15) is 49.4 Å². The summed E-state index contributed by atoms with van der Waals surface area (Å²) in [5.74, 6) is 0.0653. The summed E-state index contributed by atoms with van der Waals surface area (Å²) >= 11 is 0. The van der Waals surface area contributed by atoms with Gasteiger partial charge in [-0.05, 0) is 50.8 Å². The van der Waals surface area contributed by atoms with Gasteiger partial charge in [-0.15, -0.1) is 0 Å². The fourth-order valence-electron chi connectivity index (χ4n) is 2.90. The molecule has 6 nitrogen and oxygen atoms in total. The van der Waals surface area contributed by atoms with Gasteiger partial charge in [-0.1, -0.05) is 0 Å². The van der Waals surface area contributed by atoms with Crippen molar-refractivity contribution in [3.63, 3.8) is 0 Å². The van der Waals surface area contributed by atoms with E-state index < -0.39 is 5.97 Å². The molecule has 2 rings (SSSR count). The molecule has 0 bridgehead atoms. The molecule has 24 heavy (non-hydrogen) atoms. The number of carboxylic acids is 1. The first-order valence-corrected chi connectivity index (χ1v) is 8.41. The summed E-state index contributed by atoms with van der Waals surface area (Å²) in [5, 5.41) is 8.81. The highest BCUT2D eigenvalue weighted by Gasteiger charge is 2.21. The predicted octanol–water partition coefficient (Wildman–Crippen LogP) is 2.95. The van der Waals surface area contributed by atoms with Gasteiger partial charge < -0.3 is 19.5 Å². The van der Waals surface area contributed by atoms with Crippen molar-refractivity contribution in [3.05, 3.63) is 23.8 Å². The number of benzene rings is 1. The highest BCUT2D eigenvalue weighted by atomic mass is 16.5. The van der Waals surface area contributed by atoms with Crippen LogP contribution in [-0.2, 0) is 4.79 Å². The summed E-state index contributed by atoms with van der Waals surface area (Å²) in [7, 11) is 1.57. The molecule has 0 aliphatic heterocycles. The zero-order valence-electron chi connectivity index (χ0n) is 14.3. The maximum Gasteiger partial charge on any atom is 0.305 e. The standard InChI is InChI=1S/C18H25NO5/c1-3-19(11-10-17(20)21)18(22)13-8-9-15(23-2)16(12-13)24-14-6-4-5-7-14/h8-9,12,14H,3-7,10-11H2,1-2H3,(H,20,21). The molecule has 0 saturated heterocycles. The zero-order valence-corrected chi connectivity index (χ0v) is 14.3. The molecule has 132 valence electrons. The second-order valence-electron chi connectivity index (χ2n) is 5.92. The third-order valence-electron chi connectivity index (χ3n) is 4.27. The molecule has 0 atom stereocenters. The van der Waals surface area contributed by atoms with Crippen LogP contribution in [0, 0.1) is 0 Å². The van der Waals surface area contributed by atoms with Crippen LogP contribution in [0.5, 0.6) is 11.5 Å². The van der Waals surface area contributed by atoms with Crippen LogP contribution >= 0.6 is 0 Å². The van der Waals surface area contributed by atoms with Gasteiger partial charge in [0.1, 0.15) is 0 Å². The lowest BCUT2D eigenvalue weighted by Crippen LogP contribution is -2.32. The fraction of sp³-hybridized carbons (Fsp3) is 0.556. The Bertz CT molecular complexity index is 581. The van der Waals surface area contributed by atoms with Gasteiger partial charge in [-0.3, -0.25) is 9.59 Å². The van der Waals surface area contributed by atoms with Gasteiger partial charge in [0.25, 0.3) is 5.91 Å². The van der Waals surface area contributed by atoms with Crippen LogP contribution in [0.3, 0.4) is 0 Å². The molecule has 0 radical (unpaired) electrons. The number of amides is 1. The lowest BCUT2D eigenvalue weighted by molar-refractivity contribution is -0.137. The van der Waals surface area contributed by atoms with E-state index in [0.717, 1.165) is 25.7 Å². The summed E-state index contributed by atoms with van der Waals surface area (Å²) in [4.78, 5) is 24.9. The Labute approximate surface area is 142 Å². The summed E-state index contributed by atoms with van der Waals surface area (Å²) in [5.41, 5.74) is 0.482. The molecule has 0 heterocycles. The van der Waals surface area contributed by atoms with E-state index in [-0.39, 0.29) is 25.0 Å². The van der Waals surface area contributed by atoms with Crippen LogP contribution in [0.15, 0.2) is 18.2 Å². The number of nitrogens with zero attached hydrogens (tertiary/aromatic N) is 1. The second-order valence-corrected chi connectivity index (χ2v) is 5.92. The fourth-order valence-corrected chi connectivity index (χ4v) is 2.90. The van der Waals surface area contributed by atoms with E-state index in [1.54, 1.807) is 25.3 Å². The predicted molar refractivity (Wildman–Crippen MR) is 89.7 cm³/mol. The lowest BCUT2D eigenvalue weighted by Gasteiger charge is -2.21. The third kappa shape index (κ3) is 4.63. The van der Waals surface area contributed by atoms with Gasteiger partial charge >= 0.3 is 5.97 Å². The van der Waals surface area contributed by atoms with Crippen LogP contribution < -0.4 is 9.47 Å². The summed E-state index contributed by atoms with van der Waals surface area (Å²) < 4.78 is 11.3. The maximum absolute atomic E-state index is 12.6. The summed E-state index contributed by atoms with van der Waals surface area (Å²) in [6.07, 6.45) is 4.44. The van der Waals surface area contributed by atoms with E-state index in [9.17, 15) is 9.59 Å². The van der Waals surface area contributed by atoms with Crippen LogP contribution in [0.25, 0.3) is 0 Å². The average Bonchev–Trinajstić information content (AvgIpc) is 3.08. The van der Waals surface area contributed by atoms with Crippen molar-refractivity contribution < 1.29 is 24.2 Å². The third-order valence-corrected chi connectivity index (χ3v) is 4.27. The molecule has 1 saturated carbocycles. The number of carboxylic acid groups (broad SMARTS) is 1. The largest absolute Gasteiger partial charge is 0.493 e. The van der Waals surface area contributed by atoms with E-state index >= 15 is 0 Å². The smallest absolute Gasteiger partial charge is 0.305 e. The number of ether oxygens (including phenoxy) is 2. The monoisotopic (exact) mass is 335 g/mol. The lowest BCUT2D eigenvalue weighted by atomic mass is 10.1. The van der Waals surface area contributed by atoms with Crippen LogP contribution in [-0.4, -0.2) is 48.2 Å². The van der Waals surface area contributed by atoms with E-state index in [1.165, 1.54) is 4.90 Å². The maximum atomic E-state index is 12.6. The molecule has 1 fully saturated rings. The normalized spacial score (nSPS) is 14.4. The Kier molecular flexibility index (Phi) is 6.46. The minimum absolute atomic E-state index is 0.0683. The highest BCUT2D eigenvalue weighted by Crippen LogP contribution is 2.32. The van der Waals surface area contributed by atoms with Crippen molar-refractivity contribution >= 4 is 11.9 Å². The van der Waals surface area contributed by atoms with E-state index in [4.69, 9.17) is 14.6 Å². The molecule has 1 aromatic rings. The quantitative estimate of drug-likeness (QED) is 0.790. The second kappa shape index (κ2) is 8.57. The first-order valence-electron chi connectivity index (χ1n) is 8.41. The van der Waals surface area contributed by atoms with E-state index in [2.05, 4.69) is 0 Å². The SMILES string of the molecule is CCN(CCC(=O)O)C(=O)c1ccc(OC)c(OC2CCCC2)c1. The molecular formula is C18H25NO5. The number of methoxy groups -OCH3 is 1. The number of carbonyl (C=O) groups is 2. The van der Waals surface area contributed by atoms with E-state index in [1.807, 2.05) is 6.92 Å². The molecule has 1 aliphatic carbocycles. The number of hydrogen-bond donors (Lipinski definition) is 1. The van der Waals surface area contributed by atoms with Crippen molar-refractivity contribution in [2.75, 3.05) is 20.2 Å². The summed E-state index contributed by atoms with van der Waals surface area (Å²) in [6, 6.07) is 5.11. The van der Waals surface area contributed by atoms with Crippen molar-refractivity contribution in [2.45, 2.75) is 45.1 Å². The minimum Gasteiger partial charge on any atom is -0.493 e. The summed E-state index contributed by atoms with van der Waals surface area (Å²) in [6.45, 7) is 2.48. The van der Waals surface area contributed by atoms with Crippen LogP contribution in [0.4, 0.5) is 0 Å². The minimum atomic E-state index is -0.916. The molecule has 1 amide bonds. The van der Waals surface area contributed by atoms with Gasteiger partial charge in [0, 0.05) is 18.7 Å². The molecule has 1 aliphatic rings. The van der Waals surface area contributed by atoms with E-state index in [0.29, 0.717) is 23.6 Å². The Morgan fingerprint density at radius 1 is 1.25 bits per heavy atom. The number of rotatable bonds is 8. The van der Waals surface area contributed by atoms with Gasteiger partial charge in [-0.2, -0.15) is 0 Å². The van der Waals surface area contributed by atoms with Crippen molar-refractivity contribution in [2.24, 2.45) is 0 Å². The van der Waals surface area contributed by atoms with Gasteiger partial charge in [0.05, 0.1) is 19.6 Å². The molecule has 0 aromatic heterocycles. The van der Waals surface area contributed by atoms with Crippen molar-refractivity contribution in [1.29, 1.82) is 0 Å². The molecule has 0 unspecified atom stereocenters. The highest BCUT2D eigenvalue weighted by molar-refractivity contribution is 5.95. The molecule has 0 spiro atoms. The average molecular weight is 335 g/mol. The molecular weight excluding hydrogens is 310 g/mol.